The van der Waals surface area contributed by atoms with Gasteiger partial charge in [0.25, 0.3) is 0 Å². The molecular weight excluding hydrogens is 349 g/mol. The Kier molecular flexibility index (Phi) is 5.14. The highest BCUT2D eigenvalue weighted by molar-refractivity contribution is 7.89. The molecule has 25 heavy (non-hydrogen) atoms. The molecule has 3 rings (SSSR count). The summed E-state index contributed by atoms with van der Waals surface area (Å²) < 4.78 is 51.0. The van der Waals surface area contributed by atoms with Gasteiger partial charge in [-0.3, -0.25) is 0 Å². The molecule has 9 heteroatoms. The van der Waals surface area contributed by atoms with Crippen molar-refractivity contribution in [3.8, 4) is 11.6 Å². The first-order chi connectivity index (χ1) is 12.0. The lowest BCUT2D eigenvalue weighted by Crippen LogP contribution is -2.41. The average molecular weight is 367 g/mol. The van der Waals surface area contributed by atoms with E-state index in [9.17, 15) is 12.8 Å². The monoisotopic (exact) mass is 367 g/mol. The molecule has 0 bridgehead atoms. The van der Waals surface area contributed by atoms with Crippen LogP contribution < -0.4 is 9.47 Å². The van der Waals surface area contributed by atoms with Crippen molar-refractivity contribution in [2.45, 2.75) is 23.8 Å². The van der Waals surface area contributed by atoms with E-state index in [1.54, 1.807) is 12.3 Å². The molecule has 0 atom stereocenters. The number of rotatable bonds is 5. The van der Waals surface area contributed by atoms with Crippen molar-refractivity contribution in [1.29, 1.82) is 0 Å². The van der Waals surface area contributed by atoms with Gasteiger partial charge in [0.15, 0.2) is 11.6 Å². The van der Waals surface area contributed by atoms with Crippen molar-refractivity contribution in [1.82, 2.24) is 14.3 Å². The number of sulfonamides is 1. The quantitative estimate of drug-likeness (QED) is 0.802. The molecule has 1 aliphatic rings. The van der Waals surface area contributed by atoms with Crippen LogP contribution in [0.4, 0.5) is 4.39 Å². The van der Waals surface area contributed by atoms with Crippen molar-refractivity contribution in [3.63, 3.8) is 0 Å². The highest BCUT2D eigenvalue weighted by Gasteiger charge is 2.30. The van der Waals surface area contributed by atoms with Crippen LogP contribution in [0.25, 0.3) is 0 Å². The van der Waals surface area contributed by atoms with Gasteiger partial charge in [0.2, 0.25) is 15.9 Å². The Morgan fingerprint density at radius 3 is 2.60 bits per heavy atom. The summed E-state index contributed by atoms with van der Waals surface area (Å²) in [6.45, 7) is 0.595. The molecule has 1 aliphatic heterocycles. The molecule has 0 aliphatic carbocycles. The van der Waals surface area contributed by atoms with E-state index >= 15 is 0 Å². The molecule has 1 saturated heterocycles. The summed E-state index contributed by atoms with van der Waals surface area (Å²) in [6.07, 6.45) is 3.92. The lowest BCUT2D eigenvalue weighted by atomic mass is 10.1. The van der Waals surface area contributed by atoms with Crippen LogP contribution in [0.1, 0.15) is 12.8 Å². The molecule has 7 nitrogen and oxygen atoms in total. The standard InChI is InChI=1S/C16H18FN3O4S/c1-23-15-3-2-13(10-14(15)17)25(21,22)20-8-5-12(6-9-20)24-16-4-7-18-11-19-16/h2-4,7,10-12H,5-6,8-9H2,1H3. The summed E-state index contributed by atoms with van der Waals surface area (Å²) in [5.41, 5.74) is 0. The SMILES string of the molecule is COc1ccc(S(=O)(=O)N2CCC(Oc3ccncn3)CC2)cc1F. The summed E-state index contributed by atoms with van der Waals surface area (Å²) in [5, 5.41) is 0. The van der Waals surface area contributed by atoms with E-state index in [1.165, 1.54) is 29.9 Å². The molecule has 1 fully saturated rings. The van der Waals surface area contributed by atoms with Gasteiger partial charge < -0.3 is 9.47 Å². The van der Waals surface area contributed by atoms with E-state index in [4.69, 9.17) is 9.47 Å². The molecular formula is C16H18FN3O4S. The molecule has 1 aromatic carbocycles. The Balaban J connectivity index is 1.66. The van der Waals surface area contributed by atoms with Gasteiger partial charge in [0, 0.05) is 25.4 Å². The van der Waals surface area contributed by atoms with Crippen LogP contribution in [0, 0.1) is 5.82 Å². The topological polar surface area (TPSA) is 81.6 Å². The van der Waals surface area contributed by atoms with E-state index in [2.05, 4.69) is 9.97 Å². The minimum absolute atomic E-state index is 0.0101. The van der Waals surface area contributed by atoms with Crippen LogP contribution >= 0.6 is 0 Å². The van der Waals surface area contributed by atoms with Crippen molar-refractivity contribution >= 4 is 10.0 Å². The summed E-state index contributed by atoms with van der Waals surface area (Å²) >= 11 is 0. The molecule has 0 spiro atoms. The minimum atomic E-state index is -3.75. The Labute approximate surface area is 145 Å². The largest absolute Gasteiger partial charge is 0.494 e. The van der Waals surface area contributed by atoms with Crippen LogP contribution in [0.2, 0.25) is 0 Å². The van der Waals surface area contributed by atoms with E-state index < -0.39 is 15.8 Å². The Hall–Kier alpha value is -2.26. The summed E-state index contributed by atoms with van der Waals surface area (Å²) in [6, 6.07) is 5.30. The van der Waals surface area contributed by atoms with E-state index in [1.807, 2.05) is 0 Å². The van der Waals surface area contributed by atoms with Crippen molar-refractivity contribution in [2.75, 3.05) is 20.2 Å². The zero-order valence-corrected chi connectivity index (χ0v) is 14.4. The van der Waals surface area contributed by atoms with Gasteiger partial charge in [-0.05, 0) is 31.0 Å². The maximum Gasteiger partial charge on any atom is 0.243 e. The maximum atomic E-state index is 13.8. The van der Waals surface area contributed by atoms with Crippen LogP contribution in [0.5, 0.6) is 11.6 Å². The van der Waals surface area contributed by atoms with Gasteiger partial charge in [-0.2, -0.15) is 4.31 Å². The first-order valence-electron chi connectivity index (χ1n) is 7.77. The molecule has 2 heterocycles. The van der Waals surface area contributed by atoms with Crippen LogP contribution in [0.3, 0.4) is 0 Å². The molecule has 2 aromatic rings. The van der Waals surface area contributed by atoms with E-state index in [-0.39, 0.29) is 16.7 Å². The minimum Gasteiger partial charge on any atom is -0.494 e. The summed E-state index contributed by atoms with van der Waals surface area (Å²) in [4.78, 5) is 7.73. The number of methoxy groups -OCH3 is 1. The van der Waals surface area contributed by atoms with Crippen molar-refractivity contribution < 1.29 is 22.3 Å². The van der Waals surface area contributed by atoms with Crippen LogP contribution in [-0.4, -0.2) is 49.0 Å². The normalized spacial score (nSPS) is 16.6. The maximum absolute atomic E-state index is 13.8. The van der Waals surface area contributed by atoms with E-state index in [0.29, 0.717) is 31.8 Å². The van der Waals surface area contributed by atoms with Crippen LogP contribution in [-0.2, 0) is 10.0 Å². The van der Waals surface area contributed by atoms with E-state index in [0.717, 1.165) is 6.07 Å². The molecule has 0 amide bonds. The van der Waals surface area contributed by atoms with Gasteiger partial charge in [-0.1, -0.05) is 0 Å². The lowest BCUT2D eigenvalue weighted by Gasteiger charge is -2.31. The third kappa shape index (κ3) is 3.88. The fourth-order valence-corrected chi connectivity index (χ4v) is 4.15. The smallest absolute Gasteiger partial charge is 0.243 e. The van der Waals surface area contributed by atoms with Crippen molar-refractivity contribution in [2.24, 2.45) is 0 Å². The Morgan fingerprint density at radius 1 is 1.24 bits per heavy atom. The molecule has 0 unspecified atom stereocenters. The molecule has 134 valence electrons. The Morgan fingerprint density at radius 2 is 2.00 bits per heavy atom. The molecule has 0 N–H and O–H groups in total. The number of nitrogens with zero attached hydrogens (tertiary/aromatic N) is 3. The zero-order chi connectivity index (χ0) is 17.9. The van der Waals surface area contributed by atoms with Crippen molar-refractivity contribution in [3.05, 3.63) is 42.6 Å². The number of hydrogen-bond donors (Lipinski definition) is 0. The van der Waals surface area contributed by atoms with Gasteiger partial charge >= 0.3 is 0 Å². The number of aromatic nitrogens is 2. The fraction of sp³-hybridized carbons (Fsp3) is 0.375. The number of benzene rings is 1. The van der Waals surface area contributed by atoms with Gasteiger partial charge in [-0.15, -0.1) is 0 Å². The second-order valence-corrected chi connectivity index (χ2v) is 7.50. The molecule has 1 aromatic heterocycles. The Bertz CT molecular complexity index is 825. The fourth-order valence-electron chi connectivity index (χ4n) is 2.67. The first-order valence-corrected chi connectivity index (χ1v) is 9.21. The lowest BCUT2D eigenvalue weighted by molar-refractivity contribution is 0.129. The number of halogens is 1. The van der Waals surface area contributed by atoms with Gasteiger partial charge in [0.1, 0.15) is 12.4 Å². The number of ether oxygens (including phenoxy) is 2. The van der Waals surface area contributed by atoms with Crippen LogP contribution in [0.15, 0.2) is 41.7 Å². The molecule has 0 saturated carbocycles. The highest BCUT2D eigenvalue weighted by atomic mass is 32.2. The molecule has 0 radical (unpaired) electrons. The second kappa shape index (κ2) is 7.32. The third-order valence-corrected chi connectivity index (χ3v) is 5.90. The summed E-state index contributed by atoms with van der Waals surface area (Å²) in [7, 11) is -2.42. The number of hydrogen-bond acceptors (Lipinski definition) is 6. The predicted molar refractivity (Wildman–Crippen MR) is 87.4 cm³/mol. The summed E-state index contributed by atoms with van der Waals surface area (Å²) in [5.74, 6) is -0.227. The average Bonchev–Trinajstić information content (AvgIpc) is 2.63. The highest BCUT2D eigenvalue weighted by Crippen LogP contribution is 2.26. The predicted octanol–water partition coefficient (Wildman–Crippen LogP) is 1.86. The zero-order valence-electron chi connectivity index (χ0n) is 13.6. The third-order valence-electron chi connectivity index (χ3n) is 4.00. The van der Waals surface area contributed by atoms with Gasteiger partial charge in [-0.25, -0.2) is 22.8 Å². The van der Waals surface area contributed by atoms with Gasteiger partial charge in [0.05, 0.1) is 12.0 Å². The number of piperidine rings is 1. The first kappa shape index (κ1) is 17.6. The second-order valence-electron chi connectivity index (χ2n) is 5.57.